The first kappa shape index (κ1) is 11.3. The number of hydrogen-bond acceptors (Lipinski definition) is 2. The van der Waals surface area contributed by atoms with Gasteiger partial charge in [-0.05, 0) is 30.5 Å². The predicted molar refractivity (Wildman–Crippen MR) is 69.8 cm³/mol. The molecule has 1 heterocycles. The molecule has 1 fully saturated rings. The molecule has 1 saturated carbocycles. The summed E-state index contributed by atoms with van der Waals surface area (Å²) < 4.78 is 5.59. The Morgan fingerprint density at radius 2 is 1.89 bits per heavy atom. The summed E-state index contributed by atoms with van der Waals surface area (Å²) in [6.07, 6.45) is 2.68. The van der Waals surface area contributed by atoms with Crippen molar-refractivity contribution < 1.29 is 9.21 Å². The number of benzene rings is 1. The zero-order valence-corrected chi connectivity index (χ0v) is 10.5. The number of carbonyl (C=O) groups is 1. The maximum absolute atomic E-state index is 12.6. The predicted octanol–water partition coefficient (Wildman–Crippen LogP) is 3.76. The third-order valence-corrected chi connectivity index (χ3v) is 3.74. The van der Waals surface area contributed by atoms with E-state index in [2.05, 4.69) is 0 Å². The molecule has 2 nitrogen and oxygen atoms in total. The molecule has 1 aliphatic carbocycles. The van der Waals surface area contributed by atoms with Gasteiger partial charge in [0.05, 0.1) is 5.41 Å². The number of carbonyl (C=O) groups excluding carboxylic acids is 1. The summed E-state index contributed by atoms with van der Waals surface area (Å²) in [7, 11) is 0. The van der Waals surface area contributed by atoms with Crippen LogP contribution in [0.15, 0.2) is 46.9 Å². The zero-order chi connectivity index (χ0) is 12.6. The number of hydrogen-bond donors (Lipinski definition) is 0. The third-order valence-electron chi connectivity index (χ3n) is 3.74. The maximum Gasteiger partial charge on any atom is 0.208 e. The van der Waals surface area contributed by atoms with Gasteiger partial charge in [0.1, 0.15) is 5.76 Å². The molecule has 2 heteroatoms. The third kappa shape index (κ3) is 1.69. The van der Waals surface area contributed by atoms with Crippen molar-refractivity contribution in [3.8, 4) is 0 Å². The van der Waals surface area contributed by atoms with Gasteiger partial charge in [-0.1, -0.05) is 37.3 Å². The highest BCUT2D eigenvalue weighted by Gasteiger charge is 2.52. The highest BCUT2D eigenvalue weighted by atomic mass is 16.3. The van der Waals surface area contributed by atoms with Crippen molar-refractivity contribution in [2.24, 2.45) is 0 Å². The van der Waals surface area contributed by atoms with Crippen molar-refractivity contribution in [1.29, 1.82) is 0 Å². The molecule has 0 saturated heterocycles. The Morgan fingerprint density at radius 3 is 2.44 bits per heavy atom. The van der Waals surface area contributed by atoms with Crippen LogP contribution in [0.5, 0.6) is 0 Å². The molecule has 0 atom stereocenters. The van der Waals surface area contributed by atoms with Crippen LogP contribution in [0.1, 0.15) is 41.6 Å². The molecule has 1 aliphatic rings. The van der Waals surface area contributed by atoms with Crippen molar-refractivity contribution in [1.82, 2.24) is 0 Å². The van der Waals surface area contributed by atoms with Crippen LogP contribution >= 0.6 is 0 Å². The molecule has 0 N–H and O–H groups in total. The minimum absolute atomic E-state index is 0.133. The molecule has 92 valence electrons. The van der Waals surface area contributed by atoms with Gasteiger partial charge >= 0.3 is 0 Å². The number of ketones is 1. The average Bonchev–Trinajstić information content (AvgIpc) is 3.10. The Bertz CT molecular complexity index is 562. The van der Waals surface area contributed by atoms with E-state index in [4.69, 9.17) is 4.42 Å². The fraction of sp³-hybridized carbons (Fsp3) is 0.312. The van der Waals surface area contributed by atoms with Crippen LogP contribution in [-0.2, 0) is 11.8 Å². The average molecular weight is 240 g/mol. The van der Waals surface area contributed by atoms with Crippen LogP contribution in [-0.4, -0.2) is 5.78 Å². The Labute approximate surface area is 107 Å². The molecule has 3 rings (SSSR count). The lowest BCUT2D eigenvalue weighted by Crippen LogP contribution is -2.19. The molecule has 2 aromatic rings. The van der Waals surface area contributed by atoms with E-state index >= 15 is 0 Å². The summed E-state index contributed by atoms with van der Waals surface area (Å²) in [5.74, 6) is 1.52. The fourth-order valence-corrected chi connectivity index (χ4v) is 2.45. The van der Waals surface area contributed by atoms with Gasteiger partial charge < -0.3 is 4.42 Å². The summed E-state index contributed by atoms with van der Waals surface area (Å²) >= 11 is 0. The number of rotatable bonds is 4. The first-order valence-corrected chi connectivity index (χ1v) is 6.45. The van der Waals surface area contributed by atoms with Crippen LogP contribution in [0.2, 0.25) is 0 Å². The van der Waals surface area contributed by atoms with Gasteiger partial charge in [0.25, 0.3) is 0 Å². The Morgan fingerprint density at radius 1 is 1.17 bits per heavy atom. The van der Waals surface area contributed by atoms with Crippen molar-refractivity contribution in [2.45, 2.75) is 31.6 Å². The Balaban J connectivity index is 1.93. The summed E-state index contributed by atoms with van der Waals surface area (Å²) in [5, 5.41) is 0. The zero-order valence-electron chi connectivity index (χ0n) is 10.5. The van der Waals surface area contributed by atoms with Crippen molar-refractivity contribution in [3.05, 3.63) is 59.5 Å². The Hall–Kier alpha value is -1.83. The lowest BCUT2D eigenvalue weighted by molar-refractivity contribution is 0.0916. The summed E-state index contributed by atoms with van der Waals surface area (Å²) in [6, 6.07) is 13.7. The van der Waals surface area contributed by atoms with Crippen LogP contribution in [0.4, 0.5) is 0 Å². The molecule has 0 amide bonds. The highest BCUT2D eigenvalue weighted by molar-refractivity contribution is 6.04. The molecular weight excluding hydrogens is 224 g/mol. The van der Waals surface area contributed by atoms with E-state index in [1.54, 1.807) is 0 Å². The summed E-state index contributed by atoms with van der Waals surface area (Å²) in [5.41, 5.74) is 0.800. The monoisotopic (exact) mass is 240 g/mol. The fourth-order valence-electron chi connectivity index (χ4n) is 2.45. The second-order valence-corrected chi connectivity index (χ2v) is 4.90. The van der Waals surface area contributed by atoms with Crippen LogP contribution < -0.4 is 0 Å². The lowest BCUT2D eigenvalue weighted by atomic mass is 9.90. The van der Waals surface area contributed by atoms with Gasteiger partial charge in [0.15, 0.2) is 5.76 Å². The second kappa shape index (κ2) is 4.13. The molecule has 1 aromatic heterocycles. The van der Waals surface area contributed by atoms with Gasteiger partial charge in [0.2, 0.25) is 5.78 Å². The summed E-state index contributed by atoms with van der Waals surface area (Å²) in [6.45, 7) is 2.02. The number of aryl methyl sites for hydroxylation is 1. The van der Waals surface area contributed by atoms with E-state index in [1.165, 1.54) is 0 Å². The van der Waals surface area contributed by atoms with Gasteiger partial charge in [-0.2, -0.15) is 0 Å². The quantitative estimate of drug-likeness (QED) is 0.762. The SMILES string of the molecule is CCc1ccc(C(=O)C2(c3ccccc3)CC2)o1. The first-order valence-electron chi connectivity index (χ1n) is 6.45. The smallest absolute Gasteiger partial charge is 0.208 e. The minimum atomic E-state index is -0.315. The normalized spacial score (nSPS) is 16.5. The van der Waals surface area contributed by atoms with E-state index in [0.29, 0.717) is 5.76 Å². The van der Waals surface area contributed by atoms with Crippen LogP contribution in [0.3, 0.4) is 0 Å². The molecule has 0 bridgehead atoms. The van der Waals surface area contributed by atoms with Crippen molar-refractivity contribution in [2.75, 3.05) is 0 Å². The molecule has 0 aliphatic heterocycles. The van der Waals surface area contributed by atoms with Crippen LogP contribution in [0.25, 0.3) is 0 Å². The maximum atomic E-state index is 12.6. The van der Waals surface area contributed by atoms with E-state index in [9.17, 15) is 4.79 Å². The number of furan rings is 1. The van der Waals surface area contributed by atoms with E-state index in [1.807, 2.05) is 49.4 Å². The number of Topliss-reactive ketones (excluding diaryl/α,β-unsaturated/α-hetero) is 1. The molecule has 1 aromatic carbocycles. The lowest BCUT2D eigenvalue weighted by Gasteiger charge is -2.12. The van der Waals surface area contributed by atoms with E-state index in [0.717, 1.165) is 30.6 Å². The Kier molecular flexibility index (Phi) is 2.58. The van der Waals surface area contributed by atoms with E-state index < -0.39 is 0 Å². The van der Waals surface area contributed by atoms with Gasteiger partial charge in [-0.25, -0.2) is 0 Å². The summed E-state index contributed by atoms with van der Waals surface area (Å²) in [4.78, 5) is 12.6. The molecule has 0 spiro atoms. The first-order chi connectivity index (χ1) is 8.76. The molecule has 0 unspecified atom stereocenters. The topological polar surface area (TPSA) is 30.2 Å². The molecule has 0 radical (unpaired) electrons. The van der Waals surface area contributed by atoms with Crippen molar-refractivity contribution >= 4 is 5.78 Å². The van der Waals surface area contributed by atoms with Gasteiger partial charge in [0, 0.05) is 6.42 Å². The van der Waals surface area contributed by atoms with Crippen LogP contribution in [0, 0.1) is 0 Å². The minimum Gasteiger partial charge on any atom is -0.458 e. The highest BCUT2D eigenvalue weighted by Crippen LogP contribution is 2.50. The van der Waals surface area contributed by atoms with Crippen molar-refractivity contribution in [3.63, 3.8) is 0 Å². The molecular formula is C16H16O2. The van der Waals surface area contributed by atoms with Gasteiger partial charge in [-0.15, -0.1) is 0 Å². The standard InChI is InChI=1S/C16H16O2/c1-2-13-8-9-14(18-13)15(17)16(10-11-16)12-6-4-3-5-7-12/h3-9H,2,10-11H2,1H3. The molecule has 18 heavy (non-hydrogen) atoms. The second-order valence-electron chi connectivity index (χ2n) is 4.90. The van der Waals surface area contributed by atoms with E-state index in [-0.39, 0.29) is 11.2 Å². The van der Waals surface area contributed by atoms with Gasteiger partial charge in [-0.3, -0.25) is 4.79 Å². The largest absolute Gasteiger partial charge is 0.458 e.